The molecule has 1 unspecified atom stereocenters. The van der Waals surface area contributed by atoms with E-state index in [0.717, 1.165) is 0 Å². The molecule has 108 valence electrons. The monoisotopic (exact) mass is 278 g/mol. The van der Waals surface area contributed by atoms with Gasteiger partial charge in [-0.15, -0.1) is 0 Å². The van der Waals surface area contributed by atoms with Gasteiger partial charge in [0.25, 0.3) is 0 Å². The molecule has 0 saturated carbocycles. The van der Waals surface area contributed by atoms with Gasteiger partial charge in [-0.2, -0.15) is 0 Å². The van der Waals surface area contributed by atoms with Crippen LogP contribution in [0.2, 0.25) is 0 Å². The van der Waals surface area contributed by atoms with E-state index in [9.17, 15) is 14.7 Å². The van der Waals surface area contributed by atoms with E-state index in [-0.39, 0.29) is 19.0 Å². The third-order valence-corrected chi connectivity index (χ3v) is 3.28. The molecular weight excluding hydrogens is 260 g/mol. The molecule has 2 amide bonds. The normalized spacial score (nSPS) is 18.1. The van der Waals surface area contributed by atoms with Gasteiger partial charge in [-0.05, 0) is 18.6 Å². The van der Waals surface area contributed by atoms with Gasteiger partial charge in [0.15, 0.2) is 0 Å². The van der Waals surface area contributed by atoms with Crippen molar-refractivity contribution in [1.82, 2.24) is 4.90 Å². The zero-order chi connectivity index (χ0) is 14.5. The van der Waals surface area contributed by atoms with E-state index >= 15 is 0 Å². The highest BCUT2D eigenvalue weighted by atomic mass is 16.4. The average molecular weight is 278 g/mol. The molecule has 2 rings (SSSR count). The quantitative estimate of drug-likeness (QED) is 0.866. The number of likely N-dealkylation sites (tertiary alicyclic amines) is 1. The first kappa shape index (κ1) is 14.3. The molecule has 1 atom stereocenters. The highest BCUT2D eigenvalue weighted by Crippen LogP contribution is 2.19. The van der Waals surface area contributed by atoms with E-state index in [2.05, 4.69) is 0 Å². The molecule has 0 bridgehead atoms. The summed E-state index contributed by atoms with van der Waals surface area (Å²) in [5.41, 5.74) is 0.667. The summed E-state index contributed by atoms with van der Waals surface area (Å²) in [6.45, 7) is 0.913. The van der Waals surface area contributed by atoms with Gasteiger partial charge >= 0.3 is 12.0 Å². The van der Waals surface area contributed by atoms with Crippen LogP contribution in [-0.4, -0.2) is 52.9 Å². The molecule has 20 heavy (non-hydrogen) atoms. The van der Waals surface area contributed by atoms with Crippen LogP contribution in [0.5, 0.6) is 0 Å². The van der Waals surface area contributed by atoms with Crippen molar-refractivity contribution in [1.29, 1.82) is 0 Å². The number of carbonyl (C=O) groups excluding carboxylic acids is 1. The van der Waals surface area contributed by atoms with Crippen LogP contribution in [0.4, 0.5) is 10.5 Å². The number of aliphatic hydroxyl groups excluding tert-OH is 1. The molecule has 1 aromatic carbocycles. The SMILES string of the molecule is O=C(O)CCN(C(=O)N1CCC(O)C1)c1ccccc1. The Labute approximate surface area is 117 Å². The molecule has 1 heterocycles. The van der Waals surface area contributed by atoms with Crippen molar-refractivity contribution in [3.63, 3.8) is 0 Å². The van der Waals surface area contributed by atoms with Crippen LogP contribution in [-0.2, 0) is 4.79 Å². The van der Waals surface area contributed by atoms with Crippen LogP contribution in [0.25, 0.3) is 0 Å². The second kappa shape index (κ2) is 6.38. The summed E-state index contributed by atoms with van der Waals surface area (Å²) in [7, 11) is 0. The van der Waals surface area contributed by atoms with Gasteiger partial charge in [0, 0.05) is 25.3 Å². The highest BCUT2D eigenvalue weighted by molar-refractivity contribution is 5.92. The first-order chi connectivity index (χ1) is 9.58. The number of hydrogen-bond acceptors (Lipinski definition) is 3. The average Bonchev–Trinajstić information content (AvgIpc) is 2.86. The molecule has 0 radical (unpaired) electrons. The number of aliphatic hydroxyl groups is 1. The molecule has 1 aromatic rings. The van der Waals surface area contributed by atoms with Crippen LogP contribution in [0, 0.1) is 0 Å². The third-order valence-electron chi connectivity index (χ3n) is 3.28. The van der Waals surface area contributed by atoms with E-state index < -0.39 is 12.1 Å². The minimum atomic E-state index is -0.944. The van der Waals surface area contributed by atoms with E-state index in [1.54, 1.807) is 29.2 Å². The summed E-state index contributed by atoms with van der Waals surface area (Å²) in [5, 5.41) is 18.3. The molecule has 0 spiro atoms. The summed E-state index contributed by atoms with van der Waals surface area (Å²) in [5.74, 6) is -0.944. The van der Waals surface area contributed by atoms with Gasteiger partial charge < -0.3 is 15.1 Å². The minimum absolute atomic E-state index is 0.114. The standard InChI is InChI=1S/C14H18N2O4/c17-12-6-8-15(10-12)14(20)16(9-7-13(18)19)11-4-2-1-3-5-11/h1-5,12,17H,6-10H2,(H,18,19). The summed E-state index contributed by atoms with van der Waals surface area (Å²) in [6, 6.07) is 8.72. The number of hydrogen-bond donors (Lipinski definition) is 2. The number of para-hydroxylation sites is 1. The Morgan fingerprint density at radius 2 is 2.00 bits per heavy atom. The van der Waals surface area contributed by atoms with Crippen LogP contribution in [0.1, 0.15) is 12.8 Å². The lowest BCUT2D eigenvalue weighted by Gasteiger charge is -2.27. The van der Waals surface area contributed by atoms with E-state index in [1.165, 1.54) is 4.90 Å². The first-order valence-electron chi connectivity index (χ1n) is 6.59. The predicted octanol–water partition coefficient (Wildman–Crippen LogP) is 1.15. The molecule has 6 nitrogen and oxygen atoms in total. The number of benzene rings is 1. The summed E-state index contributed by atoms with van der Waals surface area (Å²) < 4.78 is 0. The zero-order valence-electron chi connectivity index (χ0n) is 11.1. The number of β-amino-alcohol motifs (C(OH)–C–C–N with tert-alkyl or cyclic N) is 1. The van der Waals surface area contributed by atoms with Crippen molar-refractivity contribution >= 4 is 17.7 Å². The van der Waals surface area contributed by atoms with Gasteiger partial charge in [-0.3, -0.25) is 9.69 Å². The molecular formula is C14H18N2O4. The lowest BCUT2D eigenvalue weighted by molar-refractivity contribution is -0.136. The zero-order valence-corrected chi connectivity index (χ0v) is 11.1. The van der Waals surface area contributed by atoms with Crippen LogP contribution >= 0.6 is 0 Å². The van der Waals surface area contributed by atoms with Crippen molar-refractivity contribution in [2.24, 2.45) is 0 Å². The van der Waals surface area contributed by atoms with Gasteiger partial charge in [0.2, 0.25) is 0 Å². The number of rotatable bonds is 4. The fourth-order valence-corrected chi connectivity index (χ4v) is 2.24. The maximum absolute atomic E-state index is 12.5. The first-order valence-corrected chi connectivity index (χ1v) is 6.59. The number of amides is 2. The molecule has 1 aliphatic rings. The van der Waals surface area contributed by atoms with Crippen molar-refractivity contribution in [2.45, 2.75) is 18.9 Å². The number of carboxylic acids is 1. The van der Waals surface area contributed by atoms with Crippen LogP contribution < -0.4 is 4.90 Å². The highest BCUT2D eigenvalue weighted by Gasteiger charge is 2.29. The number of carbonyl (C=O) groups is 2. The Hall–Kier alpha value is -2.08. The fourth-order valence-electron chi connectivity index (χ4n) is 2.24. The third kappa shape index (κ3) is 3.48. The molecule has 1 fully saturated rings. The van der Waals surface area contributed by atoms with Gasteiger partial charge in [-0.1, -0.05) is 18.2 Å². The van der Waals surface area contributed by atoms with Gasteiger partial charge in [0.05, 0.1) is 12.5 Å². The fraction of sp³-hybridized carbons (Fsp3) is 0.429. The van der Waals surface area contributed by atoms with Crippen molar-refractivity contribution in [3.05, 3.63) is 30.3 Å². The van der Waals surface area contributed by atoms with Gasteiger partial charge in [-0.25, -0.2) is 4.79 Å². The second-order valence-corrected chi connectivity index (χ2v) is 4.80. The largest absolute Gasteiger partial charge is 0.481 e. The lowest BCUT2D eigenvalue weighted by Crippen LogP contribution is -2.43. The maximum atomic E-state index is 12.5. The summed E-state index contributed by atoms with van der Waals surface area (Å²) in [4.78, 5) is 26.2. The van der Waals surface area contributed by atoms with Crippen molar-refractivity contribution < 1.29 is 19.8 Å². The Bertz CT molecular complexity index is 477. The predicted molar refractivity (Wildman–Crippen MR) is 73.6 cm³/mol. The van der Waals surface area contributed by atoms with Crippen LogP contribution in [0.15, 0.2) is 30.3 Å². The van der Waals surface area contributed by atoms with Gasteiger partial charge in [0.1, 0.15) is 0 Å². The van der Waals surface area contributed by atoms with Crippen molar-refractivity contribution in [2.75, 3.05) is 24.5 Å². The van der Waals surface area contributed by atoms with E-state index in [4.69, 9.17) is 5.11 Å². The number of carboxylic acid groups (broad SMARTS) is 1. The summed E-state index contributed by atoms with van der Waals surface area (Å²) in [6.07, 6.45) is -0.0410. The van der Waals surface area contributed by atoms with E-state index in [1.807, 2.05) is 6.07 Å². The number of nitrogens with zero attached hydrogens (tertiary/aromatic N) is 2. The molecule has 1 aliphatic heterocycles. The van der Waals surface area contributed by atoms with Crippen LogP contribution in [0.3, 0.4) is 0 Å². The smallest absolute Gasteiger partial charge is 0.324 e. The van der Waals surface area contributed by atoms with E-state index in [0.29, 0.717) is 25.2 Å². The molecule has 1 saturated heterocycles. The Morgan fingerprint density at radius 3 is 2.55 bits per heavy atom. The lowest BCUT2D eigenvalue weighted by atomic mass is 10.2. The number of aliphatic carboxylic acids is 1. The Kier molecular flexibility index (Phi) is 4.57. The number of urea groups is 1. The molecule has 6 heteroatoms. The maximum Gasteiger partial charge on any atom is 0.324 e. The van der Waals surface area contributed by atoms with Crippen molar-refractivity contribution in [3.8, 4) is 0 Å². The summed E-state index contributed by atoms with van der Waals surface area (Å²) >= 11 is 0. The molecule has 2 N–H and O–H groups in total. The topological polar surface area (TPSA) is 81.1 Å². The second-order valence-electron chi connectivity index (χ2n) is 4.80. The Morgan fingerprint density at radius 1 is 1.30 bits per heavy atom. The molecule has 0 aliphatic carbocycles. The number of anilines is 1. The molecule has 0 aromatic heterocycles. The minimum Gasteiger partial charge on any atom is -0.481 e. The Balaban J connectivity index is 2.13.